The summed E-state index contributed by atoms with van der Waals surface area (Å²) in [4.78, 5) is 10.0. The van der Waals surface area contributed by atoms with E-state index >= 15 is 0 Å². The van der Waals surface area contributed by atoms with E-state index in [1.807, 2.05) is 0 Å². The third-order valence-corrected chi connectivity index (χ3v) is 1.62. The highest BCUT2D eigenvalue weighted by atomic mass is 32.2. The second kappa shape index (κ2) is 3.40. The Morgan fingerprint density at radius 1 is 1.33 bits per heavy atom. The first-order valence-electron chi connectivity index (χ1n) is 2.68. The van der Waals surface area contributed by atoms with Gasteiger partial charge in [-0.15, -0.1) is 0 Å². The van der Waals surface area contributed by atoms with Gasteiger partial charge in [-0.2, -0.15) is 21.6 Å². The number of alkyl halides is 3. The molecule has 0 heterocycles. The van der Waals surface area contributed by atoms with Crippen LogP contribution in [0.5, 0.6) is 0 Å². The van der Waals surface area contributed by atoms with Crippen LogP contribution >= 0.6 is 0 Å². The van der Waals surface area contributed by atoms with Crippen LogP contribution in [0.3, 0.4) is 0 Å². The molecule has 0 radical (unpaired) electrons. The van der Waals surface area contributed by atoms with Crippen molar-refractivity contribution in [3.63, 3.8) is 0 Å². The molecular formula is C4H5F3O4S. The van der Waals surface area contributed by atoms with E-state index in [1.165, 1.54) is 0 Å². The molecule has 0 aromatic heterocycles. The third kappa shape index (κ3) is 5.08. The summed E-state index contributed by atoms with van der Waals surface area (Å²) in [5, 5.41) is 0. The smallest absolute Gasteiger partial charge is 0.290 e. The molecule has 0 aliphatic carbocycles. The fraction of sp³-hybridized carbons (Fsp3) is 0.750. The van der Waals surface area contributed by atoms with Gasteiger partial charge in [0.2, 0.25) is 5.78 Å². The summed E-state index contributed by atoms with van der Waals surface area (Å²) in [6.45, 7) is 0. The number of carbonyl (C=O) groups excluding carboxylic acids is 1. The maximum Gasteiger partial charge on any atom is 0.450 e. The largest absolute Gasteiger partial charge is 0.450 e. The SMILES string of the molecule is O=C(CCS(=O)(=O)O)C(F)(F)F. The lowest BCUT2D eigenvalue weighted by Gasteiger charge is -2.02. The predicted octanol–water partition coefficient (Wildman–Crippen LogP) is 0.396. The zero-order valence-electron chi connectivity index (χ0n) is 5.63. The molecule has 0 rings (SSSR count). The van der Waals surface area contributed by atoms with Crippen LogP contribution in [-0.4, -0.2) is 30.7 Å². The molecule has 1 N–H and O–H groups in total. The molecule has 0 amide bonds. The molecule has 4 nitrogen and oxygen atoms in total. The number of hydrogen-bond donors (Lipinski definition) is 1. The number of rotatable bonds is 3. The van der Waals surface area contributed by atoms with Crippen molar-refractivity contribution >= 4 is 15.9 Å². The van der Waals surface area contributed by atoms with Gasteiger partial charge >= 0.3 is 6.18 Å². The van der Waals surface area contributed by atoms with Crippen molar-refractivity contribution in [1.82, 2.24) is 0 Å². The first-order chi connectivity index (χ1) is 5.13. The Hall–Kier alpha value is -0.630. The standard InChI is InChI=1S/C4H5F3O4S/c5-4(6,7)3(8)1-2-12(9,10)11/h1-2H2,(H,9,10,11). The summed E-state index contributed by atoms with van der Waals surface area (Å²) in [5.74, 6) is -3.37. The van der Waals surface area contributed by atoms with Crippen molar-refractivity contribution in [1.29, 1.82) is 0 Å². The molecule has 0 atom stereocenters. The van der Waals surface area contributed by atoms with Gasteiger partial charge in [0.15, 0.2) is 0 Å². The van der Waals surface area contributed by atoms with Gasteiger partial charge in [0.25, 0.3) is 10.1 Å². The molecule has 72 valence electrons. The molecule has 0 saturated carbocycles. The van der Waals surface area contributed by atoms with Crippen LogP contribution in [0.4, 0.5) is 13.2 Å². The maximum atomic E-state index is 11.4. The predicted molar refractivity (Wildman–Crippen MR) is 32.1 cm³/mol. The number of halogens is 3. The Balaban J connectivity index is 4.07. The molecule has 12 heavy (non-hydrogen) atoms. The number of ketones is 1. The molecule has 0 unspecified atom stereocenters. The molecule has 0 aromatic rings. The Morgan fingerprint density at radius 2 is 1.75 bits per heavy atom. The first-order valence-corrected chi connectivity index (χ1v) is 4.29. The zero-order valence-corrected chi connectivity index (χ0v) is 6.44. The molecular weight excluding hydrogens is 201 g/mol. The fourth-order valence-electron chi connectivity index (χ4n) is 0.363. The monoisotopic (exact) mass is 206 g/mol. The van der Waals surface area contributed by atoms with Crippen molar-refractivity contribution in [2.75, 3.05) is 5.75 Å². The molecule has 0 saturated heterocycles. The topological polar surface area (TPSA) is 71.4 Å². The Kier molecular flexibility index (Phi) is 3.22. The van der Waals surface area contributed by atoms with Crippen molar-refractivity contribution < 1.29 is 30.9 Å². The normalized spacial score (nSPS) is 13.0. The Morgan fingerprint density at radius 3 is 2.00 bits per heavy atom. The van der Waals surface area contributed by atoms with E-state index in [2.05, 4.69) is 0 Å². The van der Waals surface area contributed by atoms with Crippen LogP contribution in [0.2, 0.25) is 0 Å². The molecule has 8 heteroatoms. The summed E-state index contributed by atoms with van der Waals surface area (Å²) < 4.78 is 62.0. The Labute approximate surface area is 66.1 Å². The van der Waals surface area contributed by atoms with E-state index in [0.717, 1.165) is 0 Å². The van der Waals surface area contributed by atoms with Crippen LogP contribution in [0, 0.1) is 0 Å². The minimum atomic E-state index is -5.04. The number of carbonyl (C=O) groups is 1. The number of hydrogen-bond acceptors (Lipinski definition) is 3. The van der Waals surface area contributed by atoms with Gasteiger partial charge in [-0.05, 0) is 0 Å². The average Bonchev–Trinajstić information content (AvgIpc) is 1.78. The maximum absolute atomic E-state index is 11.4. The van der Waals surface area contributed by atoms with E-state index in [1.54, 1.807) is 0 Å². The lowest BCUT2D eigenvalue weighted by molar-refractivity contribution is -0.170. The molecule has 0 fully saturated rings. The summed E-state index contributed by atoms with van der Waals surface area (Å²) in [5.41, 5.74) is 0. The highest BCUT2D eigenvalue weighted by molar-refractivity contribution is 7.85. The van der Waals surface area contributed by atoms with Gasteiger partial charge < -0.3 is 0 Å². The van der Waals surface area contributed by atoms with Crippen LogP contribution in [0.15, 0.2) is 0 Å². The van der Waals surface area contributed by atoms with Gasteiger partial charge in [0, 0.05) is 6.42 Å². The molecule has 0 aliphatic rings. The van der Waals surface area contributed by atoms with Gasteiger partial charge in [-0.3, -0.25) is 9.35 Å². The van der Waals surface area contributed by atoms with Gasteiger partial charge in [0.05, 0.1) is 5.75 Å². The van der Waals surface area contributed by atoms with Gasteiger partial charge in [0.1, 0.15) is 0 Å². The van der Waals surface area contributed by atoms with Gasteiger partial charge in [-0.25, -0.2) is 0 Å². The highest BCUT2D eigenvalue weighted by Crippen LogP contribution is 2.17. The quantitative estimate of drug-likeness (QED) is 0.678. The molecule has 0 bridgehead atoms. The minimum Gasteiger partial charge on any atom is -0.290 e. The van der Waals surface area contributed by atoms with Gasteiger partial charge in [-0.1, -0.05) is 0 Å². The van der Waals surface area contributed by atoms with Crippen LogP contribution in [0.1, 0.15) is 6.42 Å². The van der Waals surface area contributed by atoms with E-state index in [4.69, 9.17) is 4.55 Å². The second-order valence-electron chi connectivity index (χ2n) is 1.96. The lowest BCUT2D eigenvalue weighted by Crippen LogP contribution is -2.24. The Bertz CT molecular complexity index is 265. The second-order valence-corrected chi connectivity index (χ2v) is 3.53. The molecule has 0 aromatic carbocycles. The summed E-state index contributed by atoms with van der Waals surface area (Å²) in [6.07, 6.45) is -6.28. The van der Waals surface area contributed by atoms with Crippen molar-refractivity contribution in [2.24, 2.45) is 0 Å². The average molecular weight is 206 g/mol. The van der Waals surface area contributed by atoms with Crippen LogP contribution < -0.4 is 0 Å². The van der Waals surface area contributed by atoms with E-state index in [0.29, 0.717) is 0 Å². The van der Waals surface area contributed by atoms with Crippen molar-refractivity contribution in [3.05, 3.63) is 0 Å². The molecule has 0 spiro atoms. The van der Waals surface area contributed by atoms with Crippen molar-refractivity contribution in [3.8, 4) is 0 Å². The third-order valence-electron chi connectivity index (χ3n) is 0.903. The summed E-state index contributed by atoms with van der Waals surface area (Å²) >= 11 is 0. The minimum absolute atomic E-state index is 1.20. The zero-order chi connectivity index (χ0) is 9.99. The number of Topliss-reactive ketones (excluding diaryl/α,β-unsaturated/α-hetero) is 1. The van der Waals surface area contributed by atoms with Crippen molar-refractivity contribution in [2.45, 2.75) is 12.6 Å². The van der Waals surface area contributed by atoms with E-state index < -0.39 is 34.3 Å². The van der Waals surface area contributed by atoms with Crippen LogP contribution in [-0.2, 0) is 14.9 Å². The first kappa shape index (κ1) is 11.4. The highest BCUT2D eigenvalue weighted by Gasteiger charge is 2.38. The van der Waals surface area contributed by atoms with Crippen LogP contribution in [0.25, 0.3) is 0 Å². The lowest BCUT2D eigenvalue weighted by atomic mass is 10.3. The molecule has 0 aliphatic heterocycles. The summed E-state index contributed by atoms with van der Waals surface area (Å²) in [7, 11) is -4.50. The summed E-state index contributed by atoms with van der Waals surface area (Å²) in [6, 6.07) is 0. The van der Waals surface area contributed by atoms with E-state index in [-0.39, 0.29) is 0 Å². The van der Waals surface area contributed by atoms with E-state index in [9.17, 15) is 26.4 Å². The fourth-order valence-corrected chi connectivity index (χ4v) is 0.807.